The van der Waals surface area contributed by atoms with Gasteiger partial charge in [-0.2, -0.15) is 0 Å². The van der Waals surface area contributed by atoms with Crippen molar-refractivity contribution in [1.82, 2.24) is 34.3 Å². The highest BCUT2D eigenvalue weighted by molar-refractivity contribution is 7.91. The fraction of sp³-hybridized carbons (Fsp3) is 0.552. The van der Waals surface area contributed by atoms with Crippen molar-refractivity contribution < 1.29 is 13.2 Å². The molecule has 0 spiro atoms. The Labute approximate surface area is 240 Å². The van der Waals surface area contributed by atoms with Crippen molar-refractivity contribution in [2.45, 2.75) is 38.9 Å². The number of hydrogen-bond donors (Lipinski definition) is 1. The number of rotatable bonds is 6. The first-order chi connectivity index (χ1) is 20.0. The number of sulfone groups is 1. The maximum Gasteiger partial charge on any atom is 0.166 e. The largest absolute Gasteiger partial charge is 0.378 e. The number of likely N-dealkylation sites (tertiary alicyclic amines) is 1. The lowest BCUT2D eigenvalue weighted by molar-refractivity contribution is 0.109. The van der Waals surface area contributed by atoms with Crippen LogP contribution in [0.15, 0.2) is 30.5 Å². The summed E-state index contributed by atoms with van der Waals surface area (Å²) in [6.45, 7) is 9.88. The zero-order chi connectivity index (χ0) is 28.0. The molecule has 0 aliphatic carbocycles. The second kappa shape index (κ2) is 11.0. The van der Waals surface area contributed by atoms with Gasteiger partial charge in [-0.1, -0.05) is 12.1 Å². The zero-order valence-corrected chi connectivity index (χ0v) is 24.4. The number of aromatic nitrogens is 5. The van der Waals surface area contributed by atoms with Crippen LogP contribution < -0.4 is 4.90 Å². The van der Waals surface area contributed by atoms with Crippen molar-refractivity contribution in [3.8, 4) is 11.4 Å². The number of ether oxygens (including phenoxy) is 1. The number of aromatic amines is 1. The smallest absolute Gasteiger partial charge is 0.166 e. The van der Waals surface area contributed by atoms with Crippen molar-refractivity contribution >= 4 is 37.7 Å². The van der Waals surface area contributed by atoms with Crippen molar-refractivity contribution in [1.29, 1.82) is 0 Å². The maximum absolute atomic E-state index is 11.9. The van der Waals surface area contributed by atoms with E-state index in [2.05, 4.69) is 49.4 Å². The van der Waals surface area contributed by atoms with Crippen LogP contribution in [-0.4, -0.2) is 113 Å². The van der Waals surface area contributed by atoms with Gasteiger partial charge in [-0.05, 0) is 31.9 Å². The highest BCUT2D eigenvalue weighted by Crippen LogP contribution is 2.32. The topological polar surface area (TPSA) is 112 Å². The standard InChI is InChI=1S/C29H38N8O3S/c1-2-37-25(20-34-10-7-21(8-11-34)35-14-18-41(38,39)19-15-35)31-26-28(36-12-16-40-17-13-36)32-27(33-29(26)37)23-4-3-5-24-22(23)6-9-30-24/h3-6,9,21,30H,2,7-8,10-20H2,1H3. The van der Waals surface area contributed by atoms with E-state index in [4.69, 9.17) is 19.7 Å². The van der Waals surface area contributed by atoms with Gasteiger partial charge in [0.2, 0.25) is 0 Å². The van der Waals surface area contributed by atoms with Crippen molar-refractivity contribution in [3.05, 3.63) is 36.3 Å². The molecule has 0 bridgehead atoms. The van der Waals surface area contributed by atoms with Gasteiger partial charge < -0.3 is 19.2 Å². The summed E-state index contributed by atoms with van der Waals surface area (Å²) in [5.74, 6) is 3.20. The Morgan fingerprint density at radius 2 is 1.76 bits per heavy atom. The average molecular weight is 579 g/mol. The molecule has 1 aromatic carbocycles. The van der Waals surface area contributed by atoms with Crippen LogP contribution >= 0.6 is 0 Å². The molecule has 6 heterocycles. The number of imidazole rings is 1. The number of fused-ring (bicyclic) bond motifs is 2. The highest BCUT2D eigenvalue weighted by Gasteiger charge is 2.31. The SMILES string of the molecule is CCn1c(CN2CCC(N3CCS(=O)(=O)CC3)CC2)nc2c(N3CCOCC3)nc(-c3cccc4[nH]ccc34)nc21. The summed E-state index contributed by atoms with van der Waals surface area (Å²) >= 11 is 0. The third-order valence-electron chi connectivity index (χ3n) is 8.94. The minimum Gasteiger partial charge on any atom is -0.378 e. The van der Waals surface area contributed by atoms with Crippen LogP contribution in [-0.2, 0) is 27.7 Å². The van der Waals surface area contributed by atoms with E-state index in [0.717, 1.165) is 97.2 Å². The van der Waals surface area contributed by atoms with E-state index in [1.165, 1.54) is 0 Å². The molecule has 0 amide bonds. The first-order valence-electron chi connectivity index (χ1n) is 14.8. The molecule has 3 fully saturated rings. The van der Waals surface area contributed by atoms with E-state index in [1.54, 1.807) is 0 Å². The van der Waals surface area contributed by atoms with Gasteiger partial charge >= 0.3 is 0 Å². The molecule has 4 aromatic rings. The molecule has 11 nitrogen and oxygen atoms in total. The summed E-state index contributed by atoms with van der Waals surface area (Å²) in [5, 5.41) is 1.11. The highest BCUT2D eigenvalue weighted by atomic mass is 32.2. The molecule has 3 aromatic heterocycles. The van der Waals surface area contributed by atoms with Gasteiger partial charge in [0.05, 0.1) is 31.3 Å². The molecule has 0 saturated carbocycles. The van der Waals surface area contributed by atoms with Gasteiger partial charge in [-0.3, -0.25) is 9.80 Å². The fourth-order valence-electron chi connectivity index (χ4n) is 6.62. The van der Waals surface area contributed by atoms with E-state index >= 15 is 0 Å². The number of H-pyrrole nitrogens is 1. The molecule has 218 valence electrons. The summed E-state index contributed by atoms with van der Waals surface area (Å²) < 4.78 is 31.7. The van der Waals surface area contributed by atoms with Crippen LogP contribution in [0.1, 0.15) is 25.6 Å². The van der Waals surface area contributed by atoms with Gasteiger partial charge in [0, 0.05) is 74.5 Å². The first kappa shape index (κ1) is 26.8. The molecule has 12 heteroatoms. The Morgan fingerprint density at radius 3 is 2.51 bits per heavy atom. The Balaban J connectivity index is 1.19. The van der Waals surface area contributed by atoms with Crippen LogP contribution in [0, 0.1) is 0 Å². The molecular weight excluding hydrogens is 540 g/mol. The lowest BCUT2D eigenvalue weighted by atomic mass is 10.0. The minimum atomic E-state index is -2.85. The Morgan fingerprint density at radius 1 is 0.976 bits per heavy atom. The van der Waals surface area contributed by atoms with E-state index in [9.17, 15) is 8.42 Å². The van der Waals surface area contributed by atoms with E-state index in [0.29, 0.717) is 43.9 Å². The predicted octanol–water partition coefficient (Wildman–Crippen LogP) is 2.53. The molecule has 41 heavy (non-hydrogen) atoms. The average Bonchev–Trinajstić information content (AvgIpc) is 3.62. The molecule has 3 saturated heterocycles. The van der Waals surface area contributed by atoms with Crippen molar-refractivity contribution in [3.63, 3.8) is 0 Å². The molecule has 3 aliphatic rings. The van der Waals surface area contributed by atoms with E-state index in [-0.39, 0.29) is 0 Å². The van der Waals surface area contributed by atoms with Gasteiger partial charge in [0.15, 0.2) is 32.6 Å². The predicted molar refractivity (Wildman–Crippen MR) is 160 cm³/mol. The second-order valence-electron chi connectivity index (χ2n) is 11.4. The second-order valence-corrected chi connectivity index (χ2v) is 13.7. The van der Waals surface area contributed by atoms with Gasteiger partial charge in [0.25, 0.3) is 0 Å². The number of aryl methyl sites for hydroxylation is 1. The molecule has 1 N–H and O–H groups in total. The first-order valence-corrected chi connectivity index (χ1v) is 16.6. The summed E-state index contributed by atoms with van der Waals surface area (Å²) in [5.41, 5.74) is 3.82. The molecule has 3 aliphatic heterocycles. The van der Waals surface area contributed by atoms with Crippen LogP contribution in [0.5, 0.6) is 0 Å². The van der Waals surface area contributed by atoms with E-state index < -0.39 is 9.84 Å². The maximum atomic E-state index is 11.9. The number of nitrogens with zero attached hydrogens (tertiary/aromatic N) is 7. The monoisotopic (exact) mass is 578 g/mol. The molecule has 0 unspecified atom stereocenters. The number of anilines is 1. The van der Waals surface area contributed by atoms with Gasteiger partial charge in [-0.15, -0.1) is 0 Å². The Kier molecular flexibility index (Phi) is 7.18. The van der Waals surface area contributed by atoms with Crippen molar-refractivity contribution in [2.24, 2.45) is 0 Å². The fourth-order valence-corrected chi connectivity index (χ4v) is 7.84. The summed E-state index contributed by atoms with van der Waals surface area (Å²) in [7, 11) is -2.85. The zero-order valence-electron chi connectivity index (χ0n) is 23.6. The number of nitrogens with one attached hydrogen (secondary N) is 1. The number of morpholine rings is 1. The van der Waals surface area contributed by atoms with E-state index in [1.807, 2.05) is 12.3 Å². The van der Waals surface area contributed by atoms with Crippen LogP contribution in [0.25, 0.3) is 33.5 Å². The number of benzene rings is 1. The van der Waals surface area contributed by atoms with Crippen molar-refractivity contribution in [2.75, 3.05) is 68.9 Å². The third-order valence-corrected chi connectivity index (χ3v) is 10.5. The normalized spacial score (nSPS) is 21.2. The minimum absolute atomic E-state index is 0.292. The van der Waals surface area contributed by atoms with Crippen LogP contribution in [0.3, 0.4) is 0 Å². The summed E-state index contributed by atoms with van der Waals surface area (Å²) in [4.78, 5) is 25.9. The van der Waals surface area contributed by atoms with Gasteiger partial charge in [-0.25, -0.2) is 23.4 Å². The lowest BCUT2D eigenvalue weighted by Crippen LogP contribution is -2.50. The quantitative estimate of drug-likeness (QED) is 0.369. The Bertz CT molecular complexity index is 1640. The number of hydrogen-bond acceptors (Lipinski definition) is 9. The van der Waals surface area contributed by atoms with Crippen LogP contribution in [0.4, 0.5) is 5.82 Å². The van der Waals surface area contributed by atoms with Crippen LogP contribution in [0.2, 0.25) is 0 Å². The molecule has 0 atom stereocenters. The summed E-state index contributed by atoms with van der Waals surface area (Å²) in [6.07, 6.45) is 4.06. The number of piperidine rings is 1. The van der Waals surface area contributed by atoms with Gasteiger partial charge in [0.1, 0.15) is 5.82 Å². The lowest BCUT2D eigenvalue weighted by Gasteiger charge is -2.39. The Hall–Kier alpha value is -3.06. The third kappa shape index (κ3) is 5.22. The summed E-state index contributed by atoms with van der Waals surface area (Å²) in [6, 6.07) is 8.76. The molecular formula is C29H38N8O3S. The molecule has 7 rings (SSSR count). The molecule has 0 radical (unpaired) electrons.